The summed E-state index contributed by atoms with van der Waals surface area (Å²) in [7, 11) is -0.153. The van der Waals surface area contributed by atoms with Gasteiger partial charge >= 0.3 is 0 Å². The van der Waals surface area contributed by atoms with E-state index in [2.05, 4.69) is 6.92 Å². The Morgan fingerprint density at radius 3 is 1.56 bits per heavy atom. The van der Waals surface area contributed by atoms with Crippen molar-refractivity contribution in [1.82, 2.24) is 4.48 Å². The second-order valence-corrected chi connectivity index (χ2v) is 11.6. The number of likely N-dealkylation sites (N-methyl/N-ethyl adjacent to an activating group) is 1. The van der Waals surface area contributed by atoms with Gasteiger partial charge in [0.2, 0.25) is 0 Å². The molecule has 0 bridgehead atoms. The molecule has 0 fully saturated rings. The third-order valence-corrected chi connectivity index (χ3v) is 7.60. The van der Waals surface area contributed by atoms with Crippen molar-refractivity contribution >= 4 is 13.5 Å². The fraction of sp³-hybridized carbons (Fsp3) is 0.786. The minimum absolute atomic E-state index is 0.113. The van der Waals surface area contributed by atoms with Crippen molar-refractivity contribution in [3.05, 3.63) is 30.3 Å². The van der Waals surface area contributed by atoms with E-state index in [1.165, 1.54) is 83.5 Å². The second-order valence-electron chi connectivity index (χ2n) is 10.2. The van der Waals surface area contributed by atoms with Crippen LogP contribution in [0.25, 0.3) is 0 Å². The Kier molecular flexibility index (Phi) is 17.9. The maximum Gasteiger partial charge on any atom is 0.268 e. The molecule has 0 aromatic heterocycles. The fourth-order valence-corrected chi connectivity index (χ4v) is 4.94. The zero-order valence-corrected chi connectivity index (χ0v) is 23.2. The first-order valence-electron chi connectivity index (χ1n) is 13.9. The maximum atomic E-state index is 12.0. The van der Waals surface area contributed by atoms with Crippen LogP contribution in [0.1, 0.15) is 110 Å². The molecule has 6 heteroatoms. The van der Waals surface area contributed by atoms with Gasteiger partial charge in [-0.3, -0.25) is 9.05 Å². The van der Waals surface area contributed by atoms with E-state index in [1.807, 2.05) is 44.4 Å². The molecule has 5 nitrogen and oxygen atoms in total. The minimum atomic E-state index is -4.22. The van der Waals surface area contributed by atoms with Crippen molar-refractivity contribution in [2.24, 2.45) is 0 Å². The molecule has 0 aliphatic carbocycles. The molecular weight excluding hydrogens is 445 g/mol. The van der Waals surface area contributed by atoms with E-state index in [1.54, 1.807) is 0 Å². The van der Waals surface area contributed by atoms with Crippen LogP contribution in [0.5, 0.6) is 0 Å². The molecule has 198 valence electrons. The predicted molar refractivity (Wildman–Crippen MR) is 144 cm³/mol. The first-order chi connectivity index (χ1) is 16.4. The predicted octanol–water partition coefficient (Wildman–Crippen LogP) is 8.02. The second kappa shape index (κ2) is 19.5. The highest BCUT2D eigenvalue weighted by molar-refractivity contribution is 7.45. The van der Waals surface area contributed by atoms with Crippen LogP contribution < -0.4 is 9.38 Å². The van der Waals surface area contributed by atoms with Crippen LogP contribution in [0.15, 0.2) is 30.3 Å². The molecule has 0 N–H and O–H groups in total. The highest BCUT2D eigenvalue weighted by Gasteiger charge is 2.20. The number of para-hydroxylation sites is 1. The topological polar surface area (TPSA) is 58.6 Å². The third-order valence-electron chi connectivity index (χ3n) is 6.60. The van der Waals surface area contributed by atoms with Gasteiger partial charge in [0.15, 0.2) is 0 Å². The summed E-state index contributed by atoms with van der Waals surface area (Å²) in [4.78, 5) is 12.0. The van der Waals surface area contributed by atoms with Crippen LogP contribution in [0.4, 0.5) is 5.69 Å². The summed E-state index contributed by atoms with van der Waals surface area (Å²) in [6, 6.07) is 10.00. The van der Waals surface area contributed by atoms with E-state index in [-0.39, 0.29) is 13.2 Å². The monoisotopic (exact) mass is 497 g/mol. The van der Waals surface area contributed by atoms with Gasteiger partial charge in [0.1, 0.15) is 18.8 Å². The molecule has 0 spiro atoms. The first kappa shape index (κ1) is 31.3. The summed E-state index contributed by atoms with van der Waals surface area (Å²) in [5.74, 6) is 0. The summed E-state index contributed by atoms with van der Waals surface area (Å²) in [5, 5.41) is 0. The molecule has 0 amide bonds. The summed E-state index contributed by atoms with van der Waals surface area (Å²) >= 11 is 0. The van der Waals surface area contributed by atoms with Gasteiger partial charge in [0.25, 0.3) is 7.82 Å². The van der Waals surface area contributed by atoms with Gasteiger partial charge in [0, 0.05) is 0 Å². The Labute approximate surface area is 210 Å². The highest BCUT2D eigenvalue weighted by Crippen LogP contribution is 2.38. The number of nitrogens with zero attached hydrogens (tertiary/aromatic N) is 1. The van der Waals surface area contributed by atoms with Gasteiger partial charge < -0.3 is 13.9 Å². The van der Waals surface area contributed by atoms with E-state index in [4.69, 9.17) is 9.05 Å². The van der Waals surface area contributed by atoms with Crippen molar-refractivity contribution in [3.63, 3.8) is 0 Å². The summed E-state index contributed by atoms with van der Waals surface area (Å²) in [6.07, 6.45) is 20.7. The molecule has 1 atom stereocenters. The molecule has 1 aromatic rings. The zero-order valence-electron chi connectivity index (χ0n) is 22.3. The van der Waals surface area contributed by atoms with Gasteiger partial charge in [-0.15, -0.1) is 0 Å². The Balaban J connectivity index is 1.90. The van der Waals surface area contributed by atoms with Crippen molar-refractivity contribution in [2.45, 2.75) is 110 Å². The van der Waals surface area contributed by atoms with Gasteiger partial charge in [0.05, 0.1) is 20.7 Å². The van der Waals surface area contributed by atoms with Crippen LogP contribution >= 0.6 is 7.82 Å². The minimum Gasteiger partial charge on any atom is -0.756 e. The third kappa shape index (κ3) is 16.8. The van der Waals surface area contributed by atoms with Crippen molar-refractivity contribution in [1.29, 1.82) is 0 Å². The molecule has 1 unspecified atom stereocenters. The van der Waals surface area contributed by atoms with Crippen molar-refractivity contribution in [2.75, 3.05) is 33.9 Å². The SMILES string of the molecule is CCCCCCCCCCCCCCCCCCOP(=O)([O-])OCC[N+](C)(C)c1ccccc1. The van der Waals surface area contributed by atoms with Crippen LogP contribution in [0, 0.1) is 0 Å². The fourth-order valence-electron chi connectivity index (χ4n) is 4.21. The molecule has 0 radical (unpaired) electrons. The number of unbranched alkanes of at least 4 members (excludes halogenated alkanes) is 15. The number of phosphoric ester groups is 1. The lowest BCUT2D eigenvalue weighted by Crippen LogP contribution is -2.43. The summed E-state index contributed by atoms with van der Waals surface area (Å²) < 4.78 is 22.7. The van der Waals surface area contributed by atoms with Gasteiger partial charge in [-0.25, -0.2) is 0 Å². The van der Waals surface area contributed by atoms with Gasteiger partial charge in [-0.2, -0.15) is 0 Å². The van der Waals surface area contributed by atoms with E-state index >= 15 is 0 Å². The van der Waals surface area contributed by atoms with E-state index in [0.717, 1.165) is 24.9 Å². The number of benzene rings is 1. The largest absolute Gasteiger partial charge is 0.756 e. The lowest BCUT2D eigenvalue weighted by Gasteiger charge is -2.30. The standard InChI is InChI=1S/C28H52NO4P/c1-4-5-6-7-8-9-10-11-12-13-14-15-16-17-18-22-26-32-34(30,31)33-27-25-29(2,3)28-23-20-19-21-24-28/h19-21,23-24H,4-18,22,25-27H2,1-3H3. The zero-order chi connectivity index (χ0) is 25.0. The molecule has 0 aliphatic rings. The van der Waals surface area contributed by atoms with Crippen LogP contribution in [0.3, 0.4) is 0 Å². The van der Waals surface area contributed by atoms with E-state index < -0.39 is 7.82 Å². The Morgan fingerprint density at radius 1 is 0.676 bits per heavy atom. The Hall–Kier alpha value is -0.710. The average molecular weight is 498 g/mol. The lowest BCUT2D eigenvalue weighted by atomic mass is 10.0. The van der Waals surface area contributed by atoms with Crippen molar-refractivity contribution in [3.8, 4) is 0 Å². The van der Waals surface area contributed by atoms with Gasteiger partial charge in [-0.1, -0.05) is 121 Å². The number of hydrogen-bond donors (Lipinski definition) is 0. The maximum absolute atomic E-state index is 12.0. The average Bonchev–Trinajstić information content (AvgIpc) is 2.81. The summed E-state index contributed by atoms with van der Waals surface area (Å²) in [6.45, 7) is 3.16. The molecule has 0 aliphatic heterocycles. The normalized spacial score (nSPS) is 13.8. The quantitative estimate of drug-likeness (QED) is 0.0872. The molecule has 0 heterocycles. The summed E-state index contributed by atoms with van der Waals surface area (Å²) in [5.41, 5.74) is 1.11. The molecule has 34 heavy (non-hydrogen) atoms. The number of rotatable bonds is 23. The molecule has 0 saturated carbocycles. The van der Waals surface area contributed by atoms with Crippen LogP contribution in [-0.4, -0.2) is 33.9 Å². The lowest BCUT2D eigenvalue weighted by molar-refractivity contribution is -0.225. The first-order valence-corrected chi connectivity index (χ1v) is 15.3. The highest BCUT2D eigenvalue weighted by atomic mass is 31.2. The number of phosphoric acid groups is 1. The Morgan fingerprint density at radius 2 is 1.09 bits per heavy atom. The number of quaternary nitrogens is 1. The molecular formula is C28H52NO4P. The van der Waals surface area contributed by atoms with Crippen molar-refractivity contribution < 1.29 is 18.5 Å². The molecule has 1 rings (SSSR count). The molecule has 1 aromatic carbocycles. The van der Waals surface area contributed by atoms with Crippen LogP contribution in [-0.2, 0) is 13.6 Å². The number of hydrogen-bond acceptors (Lipinski definition) is 4. The Bertz CT molecular complexity index is 639. The smallest absolute Gasteiger partial charge is 0.268 e. The van der Waals surface area contributed by atoms with E-state index in [0.29, 0.717) is 11.0 Å². The van der Waals surface area contributed by atoms with Gasteiger partial charge in [-0.05, 0) is 18.6 Å². The van der Waals surface area contributed by atoms with E-state index in [9.17, 15) is 9.46 Å². The molecule has 0 saturated heterocycles. The van der Waals surface area contributed by atoms with Crippen LogP contribution in [0.2, 0.25) is 0 Å².